The van der Waals surface area contributed by atoms with Gasteiger partial charge in [0.2, 0.25) is 5.91 Å². The van der Waals surface area contributed by atoms with E-state index in [-0.39, 0.29) is 5.91 Å². The van der Waals surface area contributed by atoms with Crippen molar-refractivity contribution < 1.29 is 14.3 Å². The van der Waals surface area contributed by atoms with Gasteiger partial charge in [-0.3, -0.25) is 4.79 Å². The van der Waals surface area contributed by atoms with Gasteiger partial charge >= 0.3 is 0 Å². The van der Waals surface area contributed by atoms with Gasteiger partial charge in [-0.05, 0) is 56.7 Å². The zero-order valence-corrected chi connectivity index (χ0v) is 14.3. The van der Waals surface area contributed by atoms with Crippen LogP contribution in [0.1, 0.15) is 25.0 Å². The van der Waals surface area contributed by atoms with Crippen molar-refractivity contribution in [1.82, 2.24) is 0 Å². The lowest BCUT2D eigenvalue weighted by atomic mass is 10.2. The molecule has 126 valence electrons. The average molecular weight is 325 g/mol. The number of ether oxygens (including phenoxy) is 2. The fraction of sp³-hybridized carbons (Fsp3) is 0.250. The van der Waals surface area contributed by atoms with Crippen LogP contribution in [0.3, 0.4) is 0 Å². The summed E-state index contributed by atoms with van der Waals surface area (Å²) in [7, 11) is 0. The molecule has 0 bridgehead atoms. The van der Waals surface area contributed by atoms with E-state index in [1.54, 1.807) is 6.08 Å². The van der Waals surface area contributed by atoms with Crippen molar-refractivity contribution >= 4 is 17.7 Å². The third-order valence-electron chi connectivity index (χ3n) is 3.31. The van der Waals surface area contributed by atoms with Gasteiger partial charge in [0, 0.05) is 11.8 Å². The van der Waals surface area contributed by atoms with Gasteiger partial charge in [0.05, 0.1) is 13.2 Å². The molecule has 1 amide bonds. The molecule has 24 heavy (non-hydrogen) atoms. The Kier molecular flexibility index (Phi) is 6.43. The largest absolute Gasteiger partial charge is 0.490 e. The van der Waals surface area contributed by atoms with Crippen molar-refractivity contribution in [2.24, 2.45) is 0 Å². The molecule has 0 aromatic heterocycles. The van der Waals surface area contributed by atoms with E-state index in [1.807, 2.05) is 63.2 Å². The van der Waals surface area contributed by atoms with Gasteiger partial charge in [0.25, 0.3) is 0 Å². The second-order valence-corrected chi connectivity index (χ2v) is 5.26. The lowest BCUT2D eigenvalue weighted by Crippen LogP contribution is -2.07. The molecule has 4 nitrogen and oxygen atoms in total. The number of carbonyl (C=O) groups excluding carboxylic acids is 1. The summed E-state index contributed by atoms with van der Waals surface area (Å²) in [4.78, 5) is 12.0. The zero-order chi connectivity index (χ0) is 17.4. The first-order valence-electron chi connectivity index (χ1n) is 8.07. The van der Waals surface area contributed by atoms with Gasteiger partial charge in [-0.25, -0.2) is 0 Å². The highest BCUT2D eigenvalue weighted by Gasteiger charge is 2.05. The first-order chi connectivity index (χ1) is 11.6. The molecule has 0 unspecified atom stereocenters. The van der Waals surface area contributed by atoms with E-state index in [9.17, 15) is 4.79 Å². The van der Waals surface area contributed by atoms with Gasteiger partial charge in [-0.1, -0.05) is 23.8 Å². The molecule has 0 aliphatic carbocycles. The zero-order valence-electron chi connectivity index (χ0n) is 14.3. The van der Waals surface area contributed by atoms with Crippen LogP contribution in [0, 0.1) is 6.92 Å². The Morgan fingerprint density at radius 3 is 2.33 bits per heavy atom. The fourth-order valence-corrected chi connectivity index (χ4v) is 2.16. The number of rotatable bonds is 7. The molecule has 0 fully saturated rings. The summed E-state index contributed by atoms with van der Waals surface area (Å²) in [6, 6.07) is 13.3. The van der Waals surface area contributed by atoms with Gasteiger partial charge in [0.15, 0.2) is 11.5 Å². The van der Waals surface area contributed by atoms with Crippen LogP contribution in [0.2, 0.25) is 0 Å². The topological polar surface area (TPSA) is 47.6 Å². The van der Waals surface area contributed by atoms with Crippen LogP contribution >= 0.6 is 0 Å². The van der Waals surface area contributed by atoms with Crippen molar-refractivity contribution in [3.8, 4) is 11.5 Å². The van der Waals surface area contributed by atoms with Crippen LogP contribution in [0.25, 0.3) is 6.08 Å². The highest BCUT2D eigenvalue weighted by molar-refractivity contribution is 6.01. The third-order valence-corrected chi connectivity index (χ3v) is 3.31. The van der Waals surface area contributed by atoms with Crippen LogP contribution in [0.5, 0.6) is 11.5 Å². The Hall–Kier alpha value is -2.75. The van der Waals surface area contributed by atoms with Crippen LogP contribution in [-0.4, -0.2) is 19.1 Å². The fourth-order valence-electron chi connectivity index (χ4n) is 2.16. The lowest BCUT2D eigenvalue weighted by Gasteiger charge is -2.11. The predicted octanol–water partition coefficient (Wildman–Crippen LogP) is 4.44. The van der Waals surface area contributed by atoms with Crippen LogP contribution < -0.4 is 14.8 Å². The number of amides is 1. The van der Waals surface area contributed by atoms with Crippen molar-refractivity contribution in [1.29, 1.82) is 0 Å². The van der Waals surface area contributed by atoms with E-state index in [4.69, 9.17) is 9.47 Å². The smallest absolute Gasteiger partial charge is 0.248 e. The Morgan fingerprint density at radius 1 is 1.00 bits per heavy atom. The summed E-state index contributed by atoms with van der Waals surface area (Å²) in [6.45, 7) is 6.99. The SMILES string of the molecule is CCOc1ccc(C=CC(=O)Nc2ccc(C)cc2)cc1OCC. The lowest BCUT2D eigenvalue weighted by molar-refractivity contribution is -0.111. The number of anilines is 1. The summed E-state index contributed by atoms with van der Waals surface area (Å²) in [5.41, 5.74) is 2.80. The van der Waals surface area contributed by atoms with Gasteiger partial charge in [0.1, 0.15) is 0 Å². The van der Waals surface area contributed by atoms with Crippen molar-refractivity contribution in [2.45, 2.75) is 20.8 Å². The van der Waals surface area contributed by atoms with E-state index in [0.29, 0.717) is 24.7 Å². The molecular weight excluding hydrogens is 302 g/mol. The molecule has 0 aliphatic rings. The summed E-state index contributed by atoms with van der Waals surface area (Å²) in [5.74, 6) is 1.21. The molecule has 4 heteroatoms. The van der Waals surface area contributed by atoms with E-state index >= 15 is 0 Å². The highest BCUT2D eigenvalue weighted by atomic mass is 16.5. The van der Waals surface area contributed by atoms with Crippen molar-refractivity contribution in [3.05, 3.63) is 59.7 Å². The third kappa shape index (κ3) is 5.16. The molecule has 0 aliphatic heterocycles. The summed E-state index contributed by atoms with van der Waals surface area (Å²) >= 11 is 0. The first-order valence-corrected chi connectivity index (χ1v) is 8.07. The Labute approximate surface area is 143 Å². The molecule has 0 heterocycles. The maximum atomic E-state index is 12.0. The van der Waals surface area contributed by atoms with Gasteiger partial charge in [-0.15, -0.1) is 0 Å². The second kappa shape index (κ2) is 8.77. The molecule has 0 saturated carbocycles. The maximum absolute atomic E-state index is 12.0. The Morgan fingerprint density at radius 2 is 1.67 bits per heavy atom. The highest BCUT2D eigenvalue weighted by Crippen LogP contribution is 2.29. The van der Waals surface area contributed by atoms with E-state index in [0.717, 1.165) is 16.8 Å². The minimum Gasteiger partial charge on any atom is -0.490 e. The summed E-state index contributed by atoms with van der Waals surface area (Å²) in [5, 5.41) is 2.83. The molecule has 2 rings (SSSR count). The Bertz CT molecular complexity index is 705. The first kappa shape index (κ1) is 17.6. The molecule has 2 aromatic carbocycles. The quantitative estimate of drug-likeness (QED) is 0.765. The van der Waals surface area contributed by atoms with Gasteiger partial charge < -0.3 is 14.8 Å². The normalized spacial score (nSPS) is 10.6. The molecule has 0 spiro atoms. The predicted molar refractivity (Wildman–Crippen MR) is 97.6 cm³/mol. The average Bonchev–Trinajstić information content (AvgIpc) is 2.57. The number of benzene rings is 2. The molecule has 2 aromatic rings. The number of hydrogen-bond acceptors (Lipinski definition) is 3. The second-order valence-electron chi connectivity index (χ2n) is 5.26. The number of aryl methyl sites for hydroxylation is 1. The number of carbonyl (C=O) groups is 1. The molecule has 0 atom stereocenters. The van der Waals surface area contributed by atoms with Crippen molar-refractivity contribution in [2.75, 3.05) is 18.5 Å². The summed E-state index contributed by atoms with van der Waals surface area (Å²) < 4.78 is 11.1. The minimum absolute atomic E-state index is 0.175. The maximum Gasteiger partial charge on any atom is 0.248 e. The van der Waals surface area contributed by atoms with Crippen molar-refractivity contribution in [3.63, 3.8) is 0 Å². The van der Waals surface area contributed by atoms with Crippen LogP contribution in [0.4, 0.5) is 5.69 Å². The van der Waals surface area contributed by atoms with Gasteiger partial charge in [-0.2, -0.15) is 0 Å². The standard InChI is InChI=1S/C20H23NO3/c1-4-23-18-12-8-16(14-19(18)24-5-2)9-13-20(22)21-17-10-6-15(3)7-11-17/h6-14H,4-5H2,1-3H3,(H,21,22). The van der Waals surface area contributed by atoms with E-state index in [2.05, 4.69) is 5.32 Å². The monoisotopic (exact) mass is 325 g/mol. The van der Waals surface area contributed by atoms with E-state index in [1.165, 1.54) is 6.08 Å². The summed E-state index contributed by atoms with van der Waals surface area (Å²) in [6.07, 6.45) is 3.26. The van der Waals surface area contributed by atoms with Crippen LogP contribution in [0.15, 0.2) is 48.5 Å². The minimum atomic E-state index is -0.175. The van der Waals surface area contributed by atoms with Crippen LogP contribution in [-0.2, 0) is 4.79 Å². The number of hydrogen-bond donors (Lipinski definition) is 1. The molecule has 0 radical (unpaired) electrons. The molecular formula is C20H23NO3. The molecule has 0 saturated heterocycles. The number of nitrogens with one attached hydrogen (secondary N) is 1. The Balaban J connectivity index is 2.05. The molecule has 1 N–H and O–H groups in total. The van der Waals surface area contributed by atoms with E-state index < -0.39 is 0 Å².